The Kier molecular flexibility index (Phi) is 5.15. The van der Waals surface area contributed by atoms with Crippen molar-refractivity contribution in [1.82, 2.24) is 0 Å². The summed E-state index contributed by atoms with van der Waals surface area (Å²) in [6.45, 7) is 6.88. The molecule has 0 bridgehead atoms. The van der Waals surface area contributed by atoms with Crippen molar-refractivity contribution < 1.29 is 4.79 Å². The van der Waals surface area contributed by atoms with E-state index in [1.54, 1.807) is 0 Å². The molecule has 0 aromatic heterocycles. The number of anilines is 1. The number of carbonyl (C=O) groups excluding carboxylic acids is 1. The Labute approximate surface area is 127 Å². The number of amides is 1. The molecule has 0 saturated heterocycles. The third kappa shape index (κ3) is 3.94. The largest absolute Gasteiger partial charge is 0.313 e. The van der Waals surface area contributed by atoms with Crippen molar-refractivity contribution in [1.29, 1.82) is 0 Å². The molecule has 21 heavy (non-hydrogen) atoms. The summed E-state index contributed by atoms with van der Waals surface area (Å²) in [5.74, 6) is 0.414. The molecule has 1 amide bonds. The second-order valence-corrected chi connectivity index (χ2v) is 5.49. The molecule has 2 aromatic carbocycles. The first-order valence-electron chi connectivity index (χ1n) is 7.53. The third-order valence-electron chi connectivity index (χ3n) is 3.78. The molecule has 110 valence electrons. The minimum atomic E-state index is 0.180. The second-order valence-electron chi connectivity index (χ2n) is 5.49. The van der Waals surface area contributed by atoms with Crippen molar-refractivity contribution in [2.24, 2.45) is 0 Å². The lowest BCUT2D eigenvalue weighted by molar-refractivity contribution is -0.118. The molecule has 0 saturated carbocycles. The first-order chi connectivity index (χ1) is 10.1. The van der Waals surface area contributed by atoms with Gasteiger partial charge < -0.3 is 4.90 Å². The highest BCUT2D eigenvalue weighted by atomic mass is 16.2. The number of hydrogen-bond acceptors (Lipinski definition) is 1. The molecular weight excluding hydrogens is 258 g/mol. The van der Waals surface area contributed by atoms with Crippen molar-refractivity contribution >= 4 is 11.6 Å². The van der Waals surface area contributed by atoms with Gasteiger partial charge in [0.25, 0.3) is 0 Å². The molecule has 1 unspecified atom stereocenters. The zero-order valence-electron chi connectivity index (χ0n) is 13.0. The molecule has 0 aliphatic carbocycles. The van der Waals surface area contributed by atoms with Gasteiger partial charge in [0.1, 0.15) is 0 Å². The van der Waals surface area contributed by atoms with Crippen LogP contribution in [0.2, 0.25) is 0 Å². The van der Waals surface area contributed by atoms with Crippen LogP contribution in [-0.4, -0.2) is 12.5 Å². The van der Waals surface area contributed by atoms with E-state index in [0.29, 0.717) is 13.0 Å². The number of nitrogens with zero attached hydrogens (tertiary/aromatic N) is 1. The lowest BCUT2D eigenvalue weighted by Gasteiger charge is -2.23. The maximum Gasteiger partial charge on any atom is 0.227 e. The van der Waals surface area contributed by atoms with Gasteiger partial charge in [0.05, 0.1) is 0 Å². The average Bonchev–Trinajstić information content (AvgIpc) is 2.49. The normalized spacial score (nSPS) is 12.0. The van der Waals surface area contributed by atoms with Crippen molar-refractivity contribution in [3.63, 3.8) is 0 Å². The second kappa shape index (κ2) is 7.07. The SMILES string of the molecule is CCN(C(=O)CC(C)c1ccccc1)c1cccc(C)c1. The Balaban J connectivity index is 2.10. The van der Waals surface area contributed by atoms with Gasteiger partial charge in [0.15, 0.2) is 0 Å². The number of aryl methyl sites for hydroxylation is 1. The average molecular weight is 281 g/mol. The summed E-state index contributed by atoms with van der Waals surface area (Å²) in [6.07, 6.45) is 0.534. The summed E-state index contributed by atoms with van der Waals surface area (Å²) in [5.41, 5.74) is 3.38. The fraction of sp³-hybridized carbons (Fsp3) is 0.316. The quantitative estimate of drug-likeness (QED) is 0.787. The van der Waals surface area contributed by atoms with Gasteiger partial charge >= 0.3 is 0 Å². The number of benzene rings is 2. The maximum atomic E-state index is 12.6. The van der Waals surface area contributed by atoms with Gasteiger partial charge in [-0.2, -0.15) is 0 Å². The van der Waals surface area contributed by atoms with Crippen LogP contribution < -0.4 is 4.90 Å². The molecular formula is C19H23NO. The smallest absolute Gasteiger partial charge is 0.227 e. The zero-order chi connectivity index (χ0) is 15.2. The Morgan fingerprint density at radius 1 is 1.10 bits per heavy atom. The Morgan fingerprint density at radius 2 is 1.81 bits per heavy atom. The van der Waals surface area contributed by atoms with Crippen LogP contribution in [0.4, 0.5) is 5.69 Å². The predicted molar refractivity (Wildman–Crippen MR) is 88.7 cm³/mol. The molecule has 2 rings (SSSR count). The number of rotatable bonds is 5. The first-order valence-corrected chi connectivity index (χ1v) is 7.53. The molecule has 0 spiro atoms. The highest BCUT2D eigenvalue weighted by Gasteiger charge is 2.17. The van der Waals surface area contributed by atoms with E-state index in [2.05, 4.69) is 38.1 Å². The monoisotopic (exact) mass is 281 g/mol. The van der Waals surface area contributed by atoms with E-state index in [1.807, 2.05) is 42.2 Å². The first kappa shape index (κ1) is 15.3. The van der Waals surface area contributed by atoms with Gasteiger partial charge in [0, 0.05) is 18.7 Å². The Hall–Kier alpha value is -2.09. The molecule has 0 aliphatic heterocycles. The van der Waals surface area contributed by atoms with Crippen LogP contribution in [0, 0.1) is 6.92 Å². The molecule has 0 N–H and O–H groups in total. The van der Waals surface area contributed by atoms with Gasteiger partial charge in [-0.05, 0) is 43.0 Å². The maximum absolute atomic E-state index is 12.6. The van der Waals surface area contributed by atoms with E-state index >= 15 is 0 Å². The zero-order valence-corrected chi connectivity index (χ0v) is 13.0. The molecule has 1 atom stereocenters. The third-order valence-corrected chi connectivity index (χ3v) is 3.78. The standard InChI is InChI=1S/C19H23NO/c1-4-20(18-12-8-9-15(2)13-18)19(21)14-16(3)17-10-6-5-7-11-17/h5-13,16H,4,14H2,1-3H3. The van der Waals surface area contributed by atoms with Crippen molar-refractivity contribution in [2.45, 2.75) is 33.1 Å². The fourth-order valence-electron chi connectivity index (χ4n) is 2.57. The van der Waals surface area contributed by atoms with Crippen LogP contribution in [0.3, 0.4) is 0 Å². The van der Waals surface area contributed by atoms with Gasteiger partial charge in [-0.1, -0.05) is 49.4 Å². The van der Waals surface area contributed by atoms with Gasteiger partial charge in [0.2, 0.25) is 5.91 Å². The van der Waals surface area contributed by atoms with E-state index in [0.717, 1.165) is 5.69 Å². The molecule has 2 heteroatoms. The predicted octanol–water partition coefficient (Wildman–Crippen LogP) is 4.54. The van der Waals surface area contributed by atoms with E-state index in [4.69, 9.17) is 0 Å². The summed E-state index contributed by atoms with van der Waals surface area (Å²) in [5, 5.41) is 0. The molecule has 0 aliphatic rings. The highest BCUT2D eigenvalue weighted by Crippen LogP contribution is 2.22. The van der Waals surface area contributed by atoms with Crippen molar-refractivity contribution in [3.8, 4) is 0 Å². The van der Waals surface area contributed by atoms with Crippen molar-refractivity contribution in [3.05, 3.63) is 65.7 Å². The fourth-order valence-corrected chi connectivity index (χ4v) is 2.57. The molecule has 0 heterocycles. The summed E-state index contributed by atoms with van der Waals surface area (Å²) < 4.78 is 0. The Bertz CT molecular complexity index is 592. The summed E-state index contributed by atoms with van der Waals surface area (Å²) in [6, 6.07) is 18.3. The minimum Gasteiger partial charge on any atom is -0.313 e. The van der Waals surface area contributed by atoms with Crippen molar-refractivity contribution in [2.75, 3.05) is 11.4 Å². The van der Waals surface area contributed by atoms with Crippen LogP contribution in [0.15, 0.2) is 54.6 Å². The van der Waals surface area contributed by atoms with Crippen LogP contribution >= 0.6 is 0 Å². The lowest BCUT2D eigenvalue weighted by atomic mass is 9.97. The summed E-state index contributed by atoms with van der Waals surface area (Å²) >= 11 is 0. The molecule has 2 aromatic rings. The summed E-state index contributed by atoms with van der Waals surface area (Å²) in [4.78, 5) is 14.5. The van der Waals surface area contributed by atoms with Gasteiger partial charge in [-0.15, -0.1) is 0 Å². The van der Waals surface area contributed by atoms with Gasteiger partial charge in [-0.25, -0.2) is 0 Å². The summed E-state index contributed by atoms with van der Waals surface area (Å²) in [7, 11) is 0. The van der Waals surface area contributed by atoms with E-state index < -0.39 is 0 Å². The topological polar surface area (TPSA) is 20.3 Å². The molecule has 0 radical (unpaired) electrons. The van der Waals surface area contributed by atoms with Crippen LogP contribution in [0.1, 0.15) is 37.3 Å². The van der Waals surface area contributed by atoms with E-state index in [1.165, 1.54) is 11.1 Å². The van der Waals surface area contributed by atoms with E-state index in [-0.39, 0.29) is 11.8 Å². The Morgan fingerprint density at radius 3 is 2.43 bits per heavy atom. The lowest BCUT2D eigenvalue weighted by Crippen LogP contribution is -2.31. The molecule has 0 fully saturated rings. The molecule has 2 nitrogen and oxygen atoms in total. The minimum absolute atomic E-state index is 0.180. The van der Waals surface area contributed by atoms with E-state index in [9.17, 15) is 4.79 Å². The van der Waals surface area contributed by atoms with Crippen LogP contribution in [0.25, 0.3) is 0 Å². The van der Waals surface area contributed by atoms with Gasteiger partial charge in [-0.3, -0.25) is 4.79 Å². The highest BCUT2D eigenvalue weighted by molar-refractivity contribution is 5.93. The van der Waals surface area contributed by atoms with Crippen LogP contribution in [0.5, 0.6) is 0 Å². The number of carbonyl (C=O) groups is 1. The van der Waals surface area contributed by atoms with Crippen LogP contribution in [-0.2, 0) is 4.79 Å². The number of hydrogen-bond donors (Lipinski definition) is 0.